The maximum Gasteiger partial charge on any atom is 0.271 e. The number of aryl methyl sites for hydroxylation is 2. The van der Waals surface area contributed by atoms with Crippen molar-refractivity contribution in [2.75, 3.05) is 13.1 Å². The summed E-state index contributed by atoms with van der Waals surface area (Å²) in [5.41, 5.74) is 2.77. The number of piperidine rings is 1. The highest BCUT2D eigenvalue weighted by Gasteiger charge is 2.28. The van der Waals surface area contributed by atoms with Gasteiger partial charge in [-0.1, -0.05) is 30.2 Å². The third-order valence-corrected chi connectivity index (χ3v) is 6.67. The second kappa shape index (κ2) is 7.14. The molecule has 134 valence electrons. The average Bonchev–Trinajstić information content (AvgIpc) is 2.60. The molecule has 0 aliphatic carbocycles. The van der Waals surface area contributed by atoms with Crippen molar-refractivity contribution in [1.82, 2.24) is 8.87 Å². The number of rotatable bonds is 4. The van der Waals surface area contributed by atoms with Gasteiger partial charge in [0.05, 0.1) is 6.54 Å². The summed E-state index contributed by atoms with van der Waals surface area (Å²) in [5, 5.41) is 0. The summed E-state index contributed by atoms with van der Waals surface area (Å²) in [5.74, 6) is 0. The third-order valence-electron chi connectivity index (χ3n) is 4.76. The Balaban J connectivity index is 1.97. The molecule has 5 nitrogen and oxygen atoms in total. The zero-order valence-electron chi connectivity index (χ0n) is 14.7. The summed E-state index contributed by atoms with van der Waals surface area (Å²) >= 11 is 0. The zero-order valence-corrected chi connectivity index (χ0v) is 15.6. The second-order valence-corrected chi connectivity index (χ2v) is 8.61. The lowest BCUT2D eigenvalue weighted by atomic mass is 10.1. The van der Waals surface area contributed by atoms with E-state index in [0.717, 1.165) is 36.0 Å². The Hall–Kier alpha value is -1.92. The molecular formula is C19H24N2O3S. The molecule has 1 aromatic heterocycles. The van der Waals surface area contributed by atoms with E-state index in [4.69, 9.17) is 0 Å². The molecule has 3 rings (SSSR count). The highest BCUT2D eigenvalue weighted by Crippen LogP contribution is 2.18. The fourth-order valence-electron chi connectivity index (χ4n) is 3.23. The van der Waals surface area contributed by atoms with Crippen LogP contribution in [-0.4, -0.2) is 30.4 Å². The average molecular weight is 360 g/mol. The number of pyridine rings is 1. The summed E-state index contributed by atoms with van der Waals surface area (Å²) in [4.78, 5) is 12.7. The molecule has 0 amide bonds. The molecule has 0 N–H and O–H groups in total. The molecule has 0 atom stereocenters. The maximum atomic E-state index is 12.8. The molecule has 2 aromatic rings. The molecule has 0 radical (unpaired) electrons. The second-order valence-electron chi connectivity index (χ2n) is 6.70. The monoisotopic (exact) mass is 360 g/mol. The van der Waals surface area contributed by atoms with Crippen molar-refractivity contribution in [3.63, 3.8) is 0 Å². The van der Waals surface area contributed by atoms with Gasteiger partial charge in [0, 0.05) is 19.3 Å². The first-order valence-corrected chi connectivity index (χ1v) is 10.1. The standard InChI is InChI=1S/C19H24N2O3S/c1-15-8-9-16(2)17(13-15)14-20-10-6-7-18(19(20)22)25(23,24)21-11-4-3-5-12-21/h6-10,13H,3-5,11-12,14H2,1-2H3. The van der Waals surface area contributed by atoms with Crippen LogP contribution in [0.4, 0.5) is 0 Å². The number of hydrogen-bond acceptors (Lipinski definition) is 3. The van der Waals surface area contributed by atoms with Crippen molar-refractivity contribution in [3.05, 3.63) is 63.6 Å². The van der Waals surface area contributed by atoms with Crippen LogP contribution < -0.4 is 5.56 Å². The van der Waals surface area contributed by atoms with Gasteiger partial charge in [-0.3, -0.25) is 4.79 Å². The largest absolute Gasteiger partial charge is 0.310 e. The Morgan fingerprint density at radius 1 is 1.04 bits per heavy atom. The maximum absolute atomic E-state index is 12.8. The fraction of sp³-hybridized carbons (Fsp3) is 0.421. The Bertz CT molecular complexity index is 926. The van der Waals surface area contributed by atoms with Crippen LogP contribution in [0, 0.1) is 13.8 Å². The van der Waals surface area contributed by atoms with Gasteiger partial charge in [0.2, 0.25) is 10.0 Å². The molecule has 25 heavy (non-hydrogen) atoms. The molecule has 0 spiro atoms. The van der Waals surface area contributed by atoms with Gasteiger partial charge in [0.25, 0.3) is 5.56 Å². The molecule has 0 bridgehead atoms. The van der Waals surface area contributed by atoms with Crippen molar-refractivity contribution < 1.29 is 8.42 Å². The Morgan fingerprint density at radius 3 is 2.48 bits per heavy atom. The summed E-state index contributed by atoms with van der Waals surface area (Å²) in [7, 11) is -3.73. The molecule has 1 fully saturated rings. The number of sulfonamides is 1. The van der Waals surface area contributed by atoms with Crippen molar-refractivity contribution in [3.8, 4) is 0 Å². The van der Waals surface area contributed by atoms with Gasteiger partial charge >= 0.3 is 0 Å². The zero-order chi connectivity index (χ0) is 18.0. The van der Waals surface area contributed by atoms with Crippen molar-refractivity contribution in [2.45, 2.75) is 44.6 Å². The lowest BCUT2D eigenvalue weighted by Crippen LogP contribution is -2.39. The predicted molar refractivity (Wildman–Crippen MR) is 98.3 cm³/mol. The molecule has 1 aliphatic heterocycles. The van der Waals surface area contributed by atoms with E-state index in [1.54, 1.807) is 12.3 Å². The van der Waals surface area contributed by atoms with Gasteiger partial charge in [-0.05, 0) is 49.9 Å². The first-order chi connectivity index (χ1) is 11.9. The van der Waals surface area contributed by atoms with Gasteiger partial charge in [0.1, 0.15) is 4.90 Å². The lowest BCUT2D eigenvalue weighted by Gasteiger charge is -2.25. The van der Waals surface area contributed by atoms with E-state index >= 15 is 0 Å². The molecule has 2 heterocycles. The lowest BCUT2D eigenvalue weighted by molar-refractivity contribution is 0.346. The first kappa shape index (κ1) is 17.9. The van der Waals surface area contributed by atoms with E-state index in [1.165, 1.54) is 14.9 Å². The van der Waals surface area contributed by atoms with Gasteiger partial charge in [-0.15, -0.1) is 0 Å². The van der Waals surface area contributed by atoms with E-state index in [1.807, 2.05) is 32.0 Å². The smallest absolute Gasteiger partial charge is 0.271 e. The van der Waals surface area contributed by atoms with E-state index in [2.05, 4.69) is 0 Å². The minimum absolute atomic E-state index is 0.123. The van der Waals surface area contributed by atoms with E-state index in [9.17, 15) is 13.2 Å². The van der Waals surface area contributed by atoms with Crippen molar-refractivity contribution in [1.29, 1.82) is 0 Å². The number of nitrogens with zero attached hydrogens (tertiary/aromatic N) is 2. The van der Waals surface area contributed by atoms with Gasteiger partial charge in [-0.25, -0.2) is 8.42 Å². The number of benzene rings is 1. The van der Waals surface area contributed by atoms with Gasteiger partial charge in [0.15, 0.2) is 0 Å². The van der Waals surface area contributed by atoms with E-state index < -0.39 is 15.6 Å². The molecule has 0 saturated carbocycles. The quantitative estimate of drug-likeness (QED) is 0.842. The Morgan fingerprint density at radius 2 is 1.76 bits per heavy atom. The Kier molecular flexibility index (Phi) is 5.11. The first-order valence-electron chi connectivity index (χ1n) is 8.65. The number of aromatic nitrogens is 1. The molecule has 0 unspecified atom stereocenters. The highest BCUT2D eigenvalue weighted by molar-refractivity contribution is 7.89. The minimum atomic E-state index is -3.73. The van der Waals surface area contributed by atoms with Crippen LogP contribution >= 0.6 is 0 Å². The molecule has 1 aliphatic rings. The van der Waals surface area contributed by atoms with Crippen LogP contribution in [0.1, 0.15) is 36.0 Å². The van der Waals surface area contributed by atoms with Crippen molar-refractivity contribution in [2.24, 2.45) is 0 Å². The fourth-order valence-corrected chi connectivity index (χ4v) is 4.84. The third kappa shape index (κ3) is 3.70. The van der Waals surface area contributed by atoms with E-state index in [-0.39, 0.29) is 4.90 Å². The van der Waals surface area contributed by atoms with Crippen LogP contribution in [0.15, 0.2) is 46.2 Å². The van der Waals surface area contributed by atoms with Crippen LogP contribution in [0.5, 0.6) is 0 Å². The summed E-state index contributed by atoms with van der Waals surface area (Å²) in [6, 6.07) is 9.14. The van der Waals surface area contributed by atoms with E-state index in [0.29, 0.717) is 19.6 Å². The SMILES string of the molecule is Cc1ccc(C)c(Cn2cccc(S(=O)(=O)N3CCCCC3)c2=O)c1. The van der Waals surface area contributed by atoms with Crippen LogP contribution in [0.25, 0.3) is 0 Å². The Labute approximate surface area is 149 Å². The van der Waals surface area contributed by atoms with Gasteiger partial charge < -0.3 is 4.57 Å². The highest BCUT2D eigenvalue weighted by atomic mass is 32.2. The summed E-state index contributed by atoms with van der Waals surface area (Å²) in [6.07, 6.45) is 4.39. The topological polar surface area (TPSA) is 59.4 Å². The summed E-state index contributed by atoms with van der Waals surface area (Å²) in [6.45, 7) is 5.36. The van der Waals surface area contributed by atoms with Crippen molar-refractivity contribution >= 4 is 10.0 Å². The molecule has 1 saturated heterocycles. The predicted octanol–water partition coefficient (Wildman–Crippen LogP) is 2.69. The normalized spacial score (nSPS) is 16.1. The van der Waals surface area contributed by atoms with Crippen LogP contribution in [0.3, 0.4) is 0 Å². The van der Waals surface area contributed by atoms with Crippen LogP contribution in [-0.2, 0) is 16.6 Å². The minimum Gasteiger partial charge on any atom is -0.310 e. The number of hydrogen-bond donors (Lipinski definition) is 0. The summed E-state index contributed by atoms with van der Waals surface area (Å²) < 4.78 is 28.6. The molecule has 1 aromatic carbocycles. The van der Waals surface area contributed by atoms with Gasteiger partial charge in [-0.2, -0.15) is 4.31 Å². The molecular weight excluding hydrogens is 336 g/mol. The van der Waals surface area contributed by atoms with Crippen LogP contribution in [0.2, 0.25) is 0 Å². The molecule has 6 heteroatoms.